The van der Waals surface area contributed by atoms with Crippen molar-refractivity contribution in [1.29, 1.82) is 0 Å². The molecule has 0 bridgehead atoms. The summed E-state index contributed by atoms with van der Waals surface area (Å²) in [5.74, 6) is 0.0265. The highest BCUT2D eigenvalue weighted by molar-refractivity contribution is 6.32. The number of nitrogens with zero attached hydrogens (tertiary/aromatic N) is 4. The van der Waals surface area contributed by atoms with Crippen LogP contribution in [-0.4, -0.2) is 43.0 Å². The summed E-state index contributed by atoms with van der Waals surface area (Å²) in [6.45, 7) is 2.88. The van der Waals surface area contributed by atoms with Crippen molar-refractivity contribution >= 4 is 17.4 Å². The van der Waals surface area contributed by atoms with Gasteiger partial charge in [0.05, 0.1) is 16.3 Å². The molecule has 0 saturated carbocycles. The van der Waals surface area contributed by atoms with Crippen LogP contribution in [0.3, 0.4) is 0 Å². The fraction of sp³-hybridized carbons (Fsp3) is 0.231. The van der Waals surface area contributed by atoms with Crippen LogP contribution in [-0.2, 0) is 7.05 Å². The number of benzene rings is 2. The van der Waals surface area contributed by atoms with E-state index in [1.54, 1.807) is 62.9 Å². The molecular weight excluding hydrogens is 471 g/mol. The molecule has 3 heterocycles. The van der Waals surface area contributed by atoms with Crippen molar-refractivity contribution in [1.82, 2.24) is 14.1 Å². The Morgan fingerprint density at radius 3 is 2.40 bits per heavy atom. The third-order valence-electron chi connectivity index (χ3n) is 6.37. The number of aryl methyl sites for hydroxylation is 1. The average molecular weight is 495 g/mol. The highest BCUT2D eigenvalue weighted by atomic mass is 35.5. The Bertz CT molecular complexity index is 1490. The zero-order valence-electron chi connectivity index (χ0n) is 19.2. The molecule has 0 radical (unpaired) electrons. The predicted molar refractivity (Wildman–Crippen MR) is 134 cm³/mol. The Balaban J connectivity index is 1.54. The summed E-state index contributed by atoms with van der Waals surface area (Å²) in [5.41, 5.74) is 1.14. The van der Waals surface area contributed by atoms with E-state index in [1.807, 2.05) is 4.90 Å². The molecule has 1 unspecified atom stereocenters. The van der Waals surface area contributed by atoms with Crippen LogP contribution in [0.1, 0.15) is 13.3 Å². The molecule has 7 nitrogen and oxygen atoms in total. The Labute approximate surface area is 206 Å². The van der Waals surface area contributed by atoms with Crippen LogP contribution >= 0.6 is 11.6 Å². The molecule has 4 aromatic rings. The molecule has 1 atom stereocenters. The molecule has 2 N–H and O–H groups in total. The molecule has 35 heavy (non-hydrogen) atoms. The molecular formula is C26H24ClFN4O3. The number of pyridine rings is 1. The van der Waals surface area contributed by atoms with E-state index in [2.05, 4.69) is 4.98 Å². The van der Waals surface area contributed by atoms with E-state index in [0.29, 0.717) is 47.7 Å². The summed E-state index contributed by atoms with van der Waals surface area (Å²) < 4.78 is 17.6. The summed E-state index contributed by atoms with van der Waals surface area (Å²) in [4.78, 5) is 18.6. The van der Waals surface area contributed by atoms with Crippen molar-refractivity contribution < 1.29 is 14.6 Å². The molecule has 0 spiro atoms. The predicted octanol–water partition coefficient (Wildman–Crippen LogP) is 4.36. The van der Waals surface area contributed by atoms with Crippen molar-refractivity contribution in [2.75, 3.05) is 18.0 Å². The van der Waals surface area contributed by atoms with Gasteiger partial charge in [-0.15, -0.1) is 0 Å². The van der Waals surface area contributed by atoms with E-state index >= 15 is 0 Å². The largest absolute Gasteiger partial charge is 0.507 e. The van der Waals surface area contributed by atoms with Gasteiger partial charge >= 0.3 is 5.69 Å². The number of imidazole rings is 1. The van der Waals surface area contributed by atoms with E-state index in [9.17, 15) is 19.4 Å². The van der Waals surface area contributed by atoms with E-state index < -0.39 is 11.4 Å². The summed E-state index contributed by atoms with van der Waals surface area (Å²) in [5, 5.41) is 21.7. The second-order valence-electron chi connectivity index (χ2n) is 9.15. The number of phenolic OH excluding ortho intramolecular Hbond substituents is 1. The van der Waals surface area contributed by atoms with Crippen LogP contribution < -0.4 is 10.6 Å². The minimum Gasteiger partial charge on any atom is -0.507 e. The lowest BCUT2D eigenvalue weighted by molar-refractivity contribution is 0.0839. The van der Waals surface area contributed by atoms with E-state index in [4.69, 9.17) is 11.6 Å². The number of anilines is 1. The van der Waals surface area contributed by atoms with Crippen LogP contribution in [0.4, 0.5) is 10.2 Å². The highest BCUT2D eigenvalue weighted by Gasteiger charge is 2.32. The fourth-order valence-corrected chi connectivity index (χ4v) is 4.73. The number of halogens is 2. The standard InChI is InChI=1S/C26H24ClFN4O3/c1-26(35)6-8-31(15-26)23-12-17(5-7-29-23)20-14-18(28)13-19(24(20)33)16-3-4-22(21(27)11-16)32-10-9-30(2)25(32)34/h3-5,7,9-14,33,35H,6,8,15H2,1-2H3. The summed E-state index contributed by atoms with van der Waals surface area (Å²) in [6, 6.07) is 10.9. The second kappa shape index (κ2) is 8.55. The number of β-amino-alcohol motifs (C(OH)–C–C–N with tert-alkyl or cyclic N) is 1. The minimum atomic E-state index is -0.790. The van der Waals surface area contributed by atoms with Gasteiger partial charge in [-0.1, -0.05) is 17.7 Å². The Morgan fingerprint density at radius 1 is 1.09 bits per heavy atom. The van der Waals surface area contributed by atoms with Crippen molar-refractivity contribution in [2.24, 2.45) is 7.05 Å². The molecule has 1 aliphatic heterocycles. The molecule has 9 heteroatoms. The molecule has 1 saturated heterocycles. The van der Waals surface area contributed by atoms with Crippen LogP contribution in [0.2, 0.25) is 5.02 Å². The first-order valence-corrected chi connectivity index (χ1v) is 11.5. The van der Waals surface area contributed by atoms with E-state index in [-0.39, 0.29) is 22.0 Å². The van der Waals surface area contributed by atoms with Crippen LogP contribution in [0.5, 0.6) is 5.75 Å². The number of aromatic nitrogens is 3. The summed E-state index contributed by atoms with van der Waals surface area (Å²) >= 11 is 6.48. The Hall–Kier alpha value is -3.62. The zero-order valence-corrected chi connectivity index (χ0v) is 20.0. The van der Waals surface area contributed by atoms with Gasteiger partial charge in [0.25, 0.3) is 0 Å². The van der Waals surface area contributed by atoms with Crippen molar-refractivity contribution in [3.8, 4) is 33.7 Å². The van der Waals surface area contributed by atoms with Gasteiger partial charge in [0.15, 0.2) is 0 Å². The topological polar surface area (TPSA) is 83.5 Å². The quantitative estimate of drug-likeness (QED) is 0.440. The molecule has 0 amide bonds. The summed E-state index contributed by atoms with van der Waals surface area (Å²) in [6.07, 6.45) is 5.47. The van der Waals surface area contributed by atoms with Crippen molar-refractivity contribution in [2.45, 2.75) is 18.9 Å². The van der Waals surface area contributed by atoms with E-state index in [1.165, 1.54) is 21.3 Å². The lowest BCUT2D eigenvalue weighted by Crippen LogP contribution is -2.29. The SMILES string of the molecule is Cn1ccn(-c2ccc(-c3cc(F)cc(-c4ccnc(N5CCC(C)(O)C5)c4)c3O)cc2Cl)c1=O. The molecule has 1 fully saturated rings. The van der Waals surface area contributed by atoms with Gasteiger partial charge in [-0.3, -0.25) is 4.57 Å². The van der Waals surface area contributed by atoms with Gasteiger partial charge in [-0.2, -0.15) is 0 Å². The van der Waals surface area contributed by atoms with Gasteiger partial charge in [0.1, 0.15) is 17.4 Å². The monoisotopic (exact) mass is 494 g/mol. The third kappa shape index (κ3) is 4.31. The average Bonchev–Trinajstić information content (AvgIpc) is 3.36. The number of hydrogen-bond acceptors (Lipinski definition) is 5. The van der Waals surface area contributed by atoms with Crippen molar-refractivity contribution in [3.05, 3.63) is 82.4 Å². The number of hydrogen-bond donors (Lipinski definition) is 2. The smallest absolute Gasteiger partial charge is 0.332 e. The van der Waals surface area contributed by atoms with Crippen LogP contribution in [0, 0.1) is 5.82 Å². The molecule has 180 valence electrons. The van der Waals surface area contributed by atoms with Crippen LogP contribution in [0.15, 0.2) is 65.8 Å². The lowest BCUT2D eigenvalue weighted by Gasteiger charge is -2.20. The van der Waals surface area contributed by atoms with E-state index in [0.717, 1.165) is 0 Å². The van der Waals surface area contributed by atoms with Crippen molar-refractivity contribution in [3.63, 3.8) is 0 Å². The first-order chi connectivity index (χ1) is 16.6. The third-order valence-corrected chi connectivity index (χ3v) is 6.68. The maximum absolute atomic E-state index is 14.7. The fourth-order valence-electron chi connectivity index (χ4n) is 4.46. The van der Waals surface area contributed by atoms with Crippen LogP contribution in [0.25, 0.3) is 27.9 Å². The highest BCUT2D eigenvalue weighted by Crippen LogP contribution is 2.41. The van der Waals surface area contributed by atoms with Gasteiger partial charge in [0, 0.05) is 49.9 Å². The number of phenols is 1. The molecule has 5 rings (SSSR count). The molecule has 0 aliphatic carbocycles. The Morgan fingerprint density at radius 2 is 1.80 bits per heavy atom. The molecule has 1 aliphatic rings. The number of aliphatic hydroxyl groups is 1. The second-order valence-corrected chi connectivity index (χ2v) is 9.56. The maximum Gasteiger partial charge on any atom is 0.332 e. The maximum atomic E-state index is 14.7. The minimum absolute atomic E-state index is 0.0994. The lowest BCUT2D eigenvalue weighted by atomic mass is 9.97. The number of rotatable bonds is 4. The first kappa shape index (κ1) is 23.1. The summed E-state index contributed by atoms with van der Waals surface area (Å²) in [7, 11) is 1.64. The zero-order chi connectivity index (χ0) is 24.9. The Kier molecular flexibility index (Phi) is 5.65. The number of aromatic hydroxyl groups is 1. The first-order valence-electron chi connectivity index (χ1n) is 11.1. The van der Waals surface area contributed by atoms with Gasteiger partial charge < -0.3 is 19.7 Å². The molecule has 2 aromatic heterocycles. The van der Waals surface area contributed by atoms with Gasteiger partial charge in [0.2, 0.25) is 0 Å². The molecule has 2 aromatic carbocycles. The van der Waals surface area contributed by atoms with Gasteiger partial charge in [-0.25, -0.2) is 14.2 Å². The normalized spacial score (nSPS) is 17.8. The van der Waals surface area contributed by atoms with Gasteiger partial charge in [-0.05, 0) is 60.9 Å².